The minimum atomic E-state index is -3.52. The highest BCUT2D eigenvalue weighted by molar-refractivity contribution is 7.89. The second kappa shape index (κ2) is 7.93. The van der Waals surface area contributed by atoms with Crippen molar-refractivity contribution >= 4 is 15.9 Å². The first-order valence-electron chi connectivity index (χ1n) is 8.33. The van der Waals surface area contributed by atoms with Gasteiger partial charge in [0.05, 0.1) is 4.90 Å². The van der Waals surface area contributed by atoms with Gasteiger partial charge in [0.2, 0.25) is 10.0 Å². The lowest BCUT2D eigenvalue weighted by molar-refractivity contribution is 0.0953. The maximum Gasteiger partial charge on any atom is 0.251 e. The van der Waals surface area contributed by atoms with Gasteiger partial charge in [-0.1, -0.05) is 26.3 Å². The molecule has 2 rings (SSSR count). The van der Waals surface area contributed by atoms with Gasteiger partial charge in [0.1, 0.15) is 0 Å². The van der Waals surface area contributed by atoms with Crippen molar-refractivity contribution in [3.63, 3.8) is 0 Å². The highest BCUT2D eigenvalue weighted by atomic mass is 32.2. The number of carbonyl (C=O) groups is 1. The number of nitrogens with zero attached hydrogens (tertiary/aromatic N) is 1. The zero-order valence-corrected chi connectivity index (χ0v) is 14.7. The summed E-state index contributed by atoms with van der Waals surface area (Å²) in [6, 6.07) is 6.33. The fourth-order valence-corrected chi connectivity index (χ4v) is 4.44. The van der Waals surface area contributed by atoms with Crippen LogP contribution in [0.1, 0.15) is 49.9 Å². The molecule has 1 amide bonds. The van der Waals surface area contributed by atoms with Crippen LogP contribution >= 0.6 is 0 Å². The fraction of sp³-hybridized carbons (Fsp3) is 0.588. The zero-order valence-electron chi connectivity index (χ0n) is 13.9. The van der Waals surface area contributed by atoms with Crippen LogP contribution in [0.3, 0.4) is 0 Å². The van der Waals surface area contributed by atoms with Crippen molar-refractivity contribution in [1.82, 2.24) is 9.62 Å². The summed E-state index contributed by atoms with van der Waals surface area (Å²) >= 11 is 0. The number of amides is 1. The Morgan fingerprint density at radius 2 is 2.17 bits per heavy atom. The molecule has 1 heterocycles. The number of nitrogens with one attached hydrogen (secondary N) is 1. The van der Waals surface area contributed by atoms with E-state index < -0.39 is 10.0 Å². The second-order valence-electron chi connectivity index (χ2n) is 6.25. The van der Waals surface area contributed by atoms with E-state index in [1.165, 1.54) is 10.4 Å². The van der Waals surface area contributed by atoms with Crippen LogP contribution in [-0.4, -0.2) is 38.3 Å². The van der Waals surface area contributed by atoms with Crippen LogP contribution < -0.4 is 5.32 Å². The van der Waals surface area contributed by atoms with E-state index in [-0.39, 0.29) is 10.8 Å². The molecule has 0 radical (unpaired) electrons. The molecular formula is C17H26N2O3S. The van der Waals surface area contributed by atoms with Gasteiger partial charge in [0.15, 0.2) is 0 Å². The number of carbonyl (C=O) groups excluding carboxylic acids is 1. The topological polar surface area (TPSA) is 66.5 Å². The lowest BCUT2D eigenvalue weighted by Gasteiger charge is -2.30. The maximum atomic E-state index is 12.8. The van der Waals surface area contributed by atoms with E-state index in [9.17, 15) is 13.2 Å². The average molecular weight is 338 g/mol. The highest BCUT2D eigenvalue weighted by Gasteiger charge is 2.29. The van der Waals surface area contributed by atoms with E-state index in [1.807, 2.05) is 0 Å². The van der Waals surface area contributed by atoms with Gasteiger partial charge in [-0.3, -0.25) is 4.79 Å². The summed E-state index contributed by atoms with van der Waals surface area (Å²) in [7, 11) is -3.52. The lowest BCUT2D eigenvalue weighted by Crippen LogP contribution is -2.39. The second-order valence-corrected chi connectivity index (χ2v) is 8.19. The first-order valence-corrected chi connectivity index (χ1v) is 9.77. The Hall–Kier alpha value is -1.40. The van der Waals surface area contributed by atoms with Gasteiger partial charge in [-0.2, -0.15) is 4.31 Å². The van der Waals surface area contributed by atoms with Crippen molar-refractivity contribution in [2.75, 3.05) is 19.6 Å². The van der Waals surface area contributed by atoms with Crippen LogP contribution in [0.2, 0.25) is 0 Å². The number of rotatable bonds is 6. The Bertz CT molecular complexity index is 643. The molecule has 1 atom stereocenters. The highest BCUT2D eigenvalue weighted by Crippen LogP contribution is 2.23. The molecule has 1 saturated heterocycles. The third-order valence-corrected chi connectivity index (χ3v) is 6.03. The summed E-state index contributed by atoms with van der Waals surface area (Å²) < 4.78 is 27.1. The number of hydrogen-bond acceptors (Lipinski definition) is 3. The molecule has 0 aliphatic carbocycles. The van der Waals surface area contributed by atoms with E-state index in [0.29, 0.717) is 31.1 Å². The first-order chi connectivity index (χ1) is 10.9. The molecule has 5 nitrogen and oxygen atoms in total. The minimum Gasteiger partial charge on any atom is -0.352 e. The average Bonchev–Trinajstić information content (AvgIpc) is 2.55. The molecule has 1 fully saturated rings. The molecule has 1 N–H and O–H groups in total. The number of sulfonamides is 1. The zero-order chi connectivity index (χ0) is 16.9. The lowest BCUT2D eigenvalue weighted by atomic mass is 10.0. The third kappa shape index (κ3) is 4.54. The van der Waals surface area contributed by atoms with Gasteiger partial charge >= 0.3 is 0 Å². The molecule has 0 spiro atoms. The standard InChI is InChI=1S/C17H26N2O3S/c1-3-4-10-18-17(20)15-8-5-9-16(12-15)23(21,22)19-11-6-7-14(2)13-19/h5,8-9,12,14H,3-4,6-7,10-11,13H2,1-2H3,(H,18,20). The summed E-state index contributed by atoms with van der Waals surface area (Å²) in [5.41, 5.74) is 0.396. The van der Waals surface area contributed by atoms with Crippen molar-refractivity contribution in [3.05, 3.63) is 29.8 Å². The molecule has 128 valence electrons. The van der Waals surface area contributed by atoms with Gasteiger partial charge in [-0.05, 0) is 43.4 Å². The van der Waals surface area contributed by atoms with Gasteiger partial charge in [0.25, 0.3) is 5.91 Å². The summed E-state index contributed by atoms with van der Waals surface area (Å²) in [5.74, 6) is 0.154. The van der Waals surface area contributed by atoms with Crippen molar-refractivity contribution in [2.24, 2.45) is 5.92 Å². The Kier molecular flexibility index (Phi) is 6.18. The van der Waals surface area contributed by atoms with Crippen molar-refractivity contribution in [2.45, 2.75) is 44.4 Å². The molecule has 0 saturated carbocycles. The predicted molar refractivity (Wildman–Crippen MR) is 90.8 cm³/mol. The van der Waals surface area contributed by atoms with Crippen LogP contribution in [0.25, 0.3) is 0 Å². The van der Waals surface area contributed by atoms with Crippen LogP contribution in [0, 0.1) is 5.92 Å². The smallest absolute Gasteiger partial charge is 0.251 e. The van der Waals surface area contributed by atoms with Crippen LogP contribution in [0.4, 0.5) is 0 Å². The molecule has 0 aromatic heterocycles. The molecule has 6 heteroatoms. The molecule has 1 aromatic carbocycles. The van der Waals surface area contributed by atoms with E-state index in [1.54, 1.807) is 18.2 Å². The molecule has 1 unspecified atom stereocenters. The Labute approximate surface area is 139 Å². The van der Waals surface area contributed by atoms with Crippen LogP contribution in [0.15, 0.2) is 29.2 Å². The minimum absolute atomic E-state index is 0.203. The van der Waals surface area contributed by atoms with E-state index in [4.69, 9.17) is 0 Å². The number of benzene rings is 1. The SMILES string of the molecule is CCCCNC(=O)c1cccc(S(=O)(=O)N2CCCC(C)C2)c1. The van der Waals surface area contributed by atoms with Crippen molar-refractivity contribution in [3.8, 4) is 0 Å². The summed E-state index contributed by atoms with van der Waals surface area (Å²) in [6.45, 7) is 5.84. The number of unbranched alkanes of at least 4 members (excludes halogenated alkanes) is 1. The summed E-state index contributed by atoms with van der Waals surface area (Å²) in [6.07, 6.45) is 3.86. The van der Waals surface area contributed by atoms with Gasteiger partial charge in [0, 0.05) is 25.2 Å². The maximum absolute atomic E-state index is 12.8. The van der Waals surface area contributed by atoms with Gasteiger partial charge in [-0.15, -0.1) is 0 Å². The molecule has 1 aliphatic heterocycles. The normalized spacial score (nSPS) is 19.5. The van der Waals surface area contributed by atoms with Gasteiger partial charge in [-0.25, -0.2) is 8.42 Å². The van der Waals surface area contributed by atoms with Gasteiger partial charge < -0.3 is 5.32 Å². The van der Waals surface area contributed by atoms with E-state index in [2.05, 4.69) is 19.2 Å². The molecular weight excluding hydrogens is 312 g/mol. The number of hydrogen-bond donors (Lipinski definition) is 1. The van der Waals surface area contributed by atoms with E-state index in [0.717, 1.165) is 25.7 Å². The van der Waals surface area contributed by atoms with Crippen molar-refractivity contribution in [1.29, 1.82) is 0 Å². The van der Waals surface area contributed by atoms with E-state index >= 15 is 0 Å². The molecule has 1 aromatic rings. The van der Waals surface area contributed by atoms with Crippen molar-refractivity contribution < 1.29 is 13.2 Å². The summed E-state index contributed by atoms with van der Waals surface area (Å²) in [5, 5.41) is 2.82. The fourth-order valence-electron chi connectivity index (χ4n) is 2.79. The quantitative estimate of drug-likeness (QED) is 0.811. The monoisotopic (exact) mass is 338 g/mol. The Balaban J connectivity index is 2.16. The molecule has 1 aliphatic rings. The Morgan fingerprint density at radius 3 is 2.87 bits per heavy atom. The summed E-state index contributed by atoms with van der Waals surface area (Å²) in [4.78, 5) is 12.3. The van der Waals surface area contributed by atoms with Crippen LogP contribution in [-0.2, 0) is 10.0 Å². The largest absolute Gasteiger partial charge is 0.352 e. The number of piperidine rings is 1. The first kappa shape index (κ1) is 17.9. The molecule has 23 heavy (non-hydrogen) atoms. The third-order valence-electron chi connectivity index (χ3n) is 4.17. The molecule has 0 bridgehead atoms. The predicted octanol–water partition coefficient (Wildman–Crippen LogP) is 2.64. The van der Waals surface area contributed by atoms with Crippen LogP contribution in [0.5, 0.6) is 0 Å². The Morgan fingerprint density at radius 1 is 1.39 bits per heavy atom.